The van der Waals surface area contributed by atoms with E-state index in [1.54, 1.807) is 12.1 Å². The van der Waals surface area contributed by atoms with Crippen LogP contribution in [0.1, 0.15) is 16.7 Å². The number of rotatable bonds is 4. The monoisotopic (exact) mass is 380 g/mol. The van der Waals surface area contributed by atoms with Gasteiger partial charge in [0.15, 0.2) is 11.5 Å². The lowest BCUT2D eigenvalue weighted by Crippen LogP contribution is -3.27. The van der Waals surface area contributed by atoms with Crippen LogP contribution in [0.4, 0.5) is 13.2 Å². The Hall–Kier alpha value is -2.25. The second-order valence-electron chi connectivity index (χ2n) is 7.24. The molecule has 2 aliphatic heterocycles. The normalized spacial score (nSPS) is 22.0. The number of ether oxygens (including phenoxy) is 2. The quantitative estimate of drug-likeness (QED) is 0.826. The summed E-state index contributed by atoms with van der Waals surface area (Å²) in [7, 11) is 0. The predicted molar refractivity (Wildman–Crippen MR) is 92.8 cm³/mol. The number of hydrogen-bond acceptors (Lipinski definition) is 2. The standard InChI is InChI=1S/C20H21F3N2O2/c21-20(22,23)17-4-1-15(2-5-17)12-24-7-9-25(10-8-24)13-16-3-6-18-19(11-16)27-14-26-18/h1-6,11H,7-10,12-14H2/p+2. The molecule has 7 heteroatoms. The first-order valence-electron chi connectivity index (χ1n) is 9.19. The summed E-state index contributed by atoms with van der Waals surface area (Å²) in [5, 5.41) is 0. The fourth-order valence-corrected chi connectivity index (χ4v) is 3.75. The number of halogens is 3. The molecule has 27 heavy (non-hydrogen) atoms. The van der Waals surface area contributed by atoms with E-state index in [9.17, 15) is 13.2 Å². The van der Waals surface area contributed by atoms with Crippen molar-refractivity contribution in [2.75, 3.05) is 33.0 Å². The Balaban J connectivity index is 1.27. The van der Waals surface area contributed by atoms with Gasteiger partial charge >= 0.3 is 6.18 Å². The summed E-state index contributed by atoms with van der Waals surface area (Å²) < 4.78 is 48.7. The average molecular weight is 380 g/mol. The zero-order chi connectivity index (χ0) is 18.9. The van der Waals surface area contributed by atoms with Crippen LogP contribution in [0.5, 0.6) is 11.5 Å². The molecule has 1 fully saturated rings. The zero-order valence-corrected chi connectivity index (χ0v) is 14.9. The van der Waals surface area contributed by atoms with Crippen LogP contribution in [-0.4, -0.2) is 33.0 Å². The Kier molecular flexibility index (Phi) is 4.97. The van der Waals surface area contributed by atoms with Crippen molar-refractivity contribution in [2.45, 2.75) is 19.3 Å². The Morgan fingerprint density at radius 3 is 1.93 bits per heavy atom. The van der Waals surface area contributed by atoms with E-state index in [1.165, 1.54) is 27.5 Å². The molecule has 2 heterocycles. The summed E-state index contributed by atoms with van der Waals surface area (Å²) in [6.07, 6.45) is -4.27. The largest absolute Gasteiger partial charge is 0.454 e. The fourth-order valence-electron chi connectivity index (χ4n) is 3.75. The molecule has 144 valence electrons. The lowest BCUT2D eigenvalue weighted by atomic mass is 10.1. The third-order valence-electron chi connectivity index (χ3n) is 5.29. The average Bonchev–Trinajstić information content (AvgIpc) is 3.11. The maximum Gasteiger partial charge on any atom is 0.416 e. The molecule has 0 unspecified atom stereocenters. The van der Waals surface area contributed by atoms with E-state index in [4.69, 9.17) is 9.47 Å². The molecule has 2 aromatic carbocycles. The van der Waals surface area contributed by atoms with Crippen LogP contribution in [0.3, 0.4) is 0 Å². The second kappa shape index (κ2) is 7.40. The molecule has 0 aliphatic carbocycles. The highest BCUT2D eigenvalue weighted by Gasteiger charge is 2.30. The van der Waals surface area contributed by atoms with Gasteiger partial charge < -0.3 is 19.3 Å². The summed E-state index contributed by atoms with van der Waals surface area (Å²) in [5.41, 5.74) is 1.61. The second-order valence-corrected chi connectivity index (χ2v) is 7.24. The van der Waals surface area contributed by atoms with Gasteiger partial charge in [-0.3, -0.25) is 0 Å². The molecule has 1 saturated heterocycles. The van der Waals surface area contributed by atoms with Crippen molar-refractivity contribution in [3.63, 3.8) is 0 Å². The number of alkyl halides is 3. The maximum atomic E-state index is 12.7. The van der Waals surface area contributed by atoms with E-state index in [0.717, 1.165) is 56.3 Å². The lowest BCUT2D eigenvalue weighted by molar-refractivity contribution is -1.02. The third-order valence-corrected chi connectivity index (χ3v) is 5.29. The van der Waals surface area contributed by atoms with Crippen molar-refractivity contribution < 1.29 is 32.4 Å². The van der Waals surface area contributed by atoms with E-state index in [0.29, 0.717) is 0 Å². The van der Waals surface area contributed by atoms with Crippen molar-refractivity contribution in [2.24, 2.45) is 0 Å². The summed E-state index contributed by atoms with van der Waals surface area (Å²) in [6.45, 7) is 6.13. The number of quaternary nitrogens is 2. The zero-order valence-electron chi connectivity index (χ0n) is 14.9. The van der Waals surface area contributed by atoms with Gasteiger partial charge in [0.05, 0.1) is 5.56 Å². The van der Waals surface area contributed by atoms with Crippen molar-refractivity contribution in [1.29, 1.82) is 0 Å². The minimum absolute atomic E-state index is 0.289. The molecule has 0 saturated carbocycles. The lowest BCUT2D eigenvalue weighted by Gasteiger charge is -2.30. The van der Waals surface area contributed by atoms with Crippen molar-refractivity contribution in [3.05, 3.63) is 59.2 Å². The van der Waals surface area contributed by atoms with E-state index in [-0.39, 0.29) is 6.79 Å². The Morgan fingerprint density at radius 2 is 1.30 bits per heavy atom. The third kappa shape index (κ3) is 4.36. The number of nitrogens with one attached hydrogen (secondary N) is 2. The van der Waals surface area contributed by atoms with Crippen LogP contribution >= 0.6 is 0 Å². The van der Waals surface area contributed by atoms with Crippen LogP contribution in [0.2, 0.25) is 0 Å². The number of fused-ring (bicyclic) bond motifs is 1. The van der Waals surface area contributed by atoms with Crippen molar-refractivity contribution >= 4 is 0 Å². The molecular formula is C20H23F3N2O2+2. The van der Waals surface area contributed by atoms with Crippen LogP contribution in [-0.2, 0) is 19.3 Å². The first-order valence-corrected chi connectivity index (χ1v) is 9.19. The Morgan fingerprint density at radius 1 is 0.741 bits per heavy atom. The summed E-state index contributed by atoms with van der Waals surface area (Å²) >= 11 is 0. The molecule has 2 aliphatic rings. The van der Waals surface area contributed by atoms with Gasteiger partial charge in [-0.25, -0.2) is 0 Å². The van der Waals surface area contributed by atoms with E-state index in [2.05, 4.69) is 12.1 Å². The molecule has 4 nitrogen and oxygen atoms in total. The molecule has 0 bridgehead atoms. The van der Waals surface area contributed by atoms with Gasteiger partial charge in [0.2, 0.25) is 6.79 Å². The van der Waals surface area contributed by atoms with Gasteiger partial charge in [0.25, 0.3) is 0 Å². The van der Waals surface area contributed by atoms with Crippen LogP contribution < -0.4 is 19.3 Å². The van der Waals surface area contributed by atoms with Gasteiger partial charge in [0.1, 0.15) is 39.3 Å². The van der Waals surface area contributed by atoms with Crippen molar-refractivity contribution in [3.8, 4) is 11.5 Å². The maximum absolute atomic E-state index is 12.7. The SMILES string of the molecule is FC(F)(F)c1ccc(C[NH+]2CC[NH+](Cc3ccc4c(c3)OCO4)CC2)cc1. The smallest absolute Gasteiger partial charge is 0.416 e. The van der Waals surface area contributed by atoms with Gasteiger partial charge in [0, 0.05) is 11.1 Å². The van der Waals surface area contributed by atoms with Gasteiger partial charge in [-0.2, -0.15) is 13.2 Å². The summed E-state index contributed by atoms with van der Waals surface area (Å²) in [6, 6.07) is 11.6. The highest BCUT2D eigenvalue weighted by molar-refractivity contribution is 5.44. The first-order chi connectivity index (χ1) is 13.0. The number of benzene rings is 2. The minimum atomic E-state index is -4.27. The molecule has 2 N–H and O–H groups in total. The molecule has 0 atom stereocenters. The molecule has 0 amide bonds. The fraction of sp³-hybridized carbons (Fsp3) is 0.400. The number of hydrogen-bond donors (Lipinski definition) is 2. The Labute approximate surface area is 156 Å². The van der Waals surface area contributed by atoms with Crippen LogP contribution in [0.25, 0.3) is 0 Å². The predicted octanol–water partition coefficient (Wildman–Crippen LogP) is 0.918. The Bertz CT molecular complexity index is 785. The first kappa shape index (κ1) is 18.1. The van der Waals surface area contributed by atoms with Crippen LogP contribution in [0.15, 0.2) is 42.5 Å². The molecule has 4 rings (SSSR count). The minimum Gasteiger partial charge on any atom is -0.454 e. The van der Waals surface area contributed by atoms with E-state index < -0.39 is 11.7 Å². The summed E-state index contributed by atoms with van der Waals surface area (Å²) in [4.78, 5) is 2.94. The number of piperazine rings is 1. The molecule has 0 spiro atoms. The highest BCUT2D eigenvalue weighted by atomic mass is 19.4. The molecule has 0 aromatic heterocycles. The van der Waals surface area contributed by atoms with E-state index in [1.807, 2.05) is 6.07 Å². The van der Waals surface area contributed by atoms with Crippen LogP contribution in [0, 0.1) is 0 Å². The van der Waals surface area contributed by atoms with Crippen molar-refractivity contribution in [1.82, 2.24) is 0 Å². The van der Waals surface area contributed by atoms with Gasteiger partial charge in [-0.05, 0) is 30.3 Å². The highest BCUT2D eigenvalue weighted by Crippen LogP contribution is 2.32. The molecule has 0 radical (unpaired) electrons. The molecule has 2 aromatic rings. The van der Waals surface area contributed by atoms with Gasteiger partial charge in [-0.1, -0.05) is 12.1 Å². The van der Waals surface area contributed by atoms with Gasteiger partial charge in [-0.15, -0.1) is 0 Å². The molecular weight excluding hydrogens is 357 g/mol. The topological polar surface area (TPSA) is 27.3 Å². The summed E-state index contributed by atoms with van der Waals surface area (Å²) in [5.74, 6) is 1.62. The van der Waals surface area contributed by atoms with E-state index >= 15 is 0 Å².